The van der Waals surface area contributed by atoms with Crippen LogP contribution in [0.2, 0.25) is 0 Å². The molecule has 0 radical (unpaired) electrons. The van der Waals surface area contributed by atoms with Crippen LogP contribution in [0.3, 0.4) is 0 Å². The number of carbonyl (C=O) groups is 1. The first-order chi connectivity index (χ1) is 9.13. The van der Waals surface area contributed by atoms with E-state index in [1.807, 2.05) is 6.92 Å². The molecule has 20 heavy (non-hydrogen) atoms. The van der Waals surface area contributed by atoms with Gasteiger partial charge in [-0.15, -0.1) is 12.4 Å². The van der Waals surface area contributed by atoms with Gasteiger partial charge >= 0.3 is 5.97 Å². The highest BCUT2D eigenvalue weighted by Gasteiger charge is 2.21. The molecule has 1 aromatic carbocycles. The Balaban J connectivity index is 0.00000200. The van der Waals surface area contributed by atoms with Gasteiger partial charge in [-0.1, -0.05) is 0 Å². The van der Waals surface area contributed by atoms with E-state index in [-0.39, 0.29) is 24.6 Å². The van der Waals surface area contributed by atoms with Gasteiger partial charge in [0.25, 0.3) is 0 Å². The minimum absolute atomic E-state index is 0. The van der Waals surface area contributed by atoms with Gasteiger partial charge in [0.2, 0.25) is 0 Å². The van der Waals surface area contributed by atoms with Gasteiger partial charge in [0.1, 0.15) is 5.82 Å². The van der Waals surface area contributed by atoms with Crippen molar-refractivity contribution in [2.75, 3.05) is 19.7 Å². The largest absolute Gasteiger partial charge is 0.462 e. The summed E-state index contributed by atoms with van der Waals surface area (Å²) in [5, 5.41) is 3.31. The first kappa shape index (κ1) is 16.9. The molecule has 2 rings (SSSR count). The van der Waals surface area contributed by atoms with Gasteiger partial charge in [-0.3, -0.25) is 0 Å². The summed E-state index contributed by atoms with van der Waals surface area (Å²) in [6, 6.07) is 3.13. The molecule has 1 saturated heterocycles. The van der Waals surface area contributed by atoms with Crippen molar-refractivity contribution in [2.45, 2.75) is 32.6 Å². The average Bonchev–Trinajstić information content (AvgIpc) is 2.40. The molecule has 0 aliphatic carbocycles. The van der Waals surface area contributed by atoms with E-state index in [2.05, 4.69) is 5.32 Å². The van der Waals surface area contributed by atoms with Gasteiger partial charge in [0.05, 0.1) is 12.2 Å². The van der Waals surface area contributed by atoms with Crippen molar-refractivity contribution in [1.29, 1.82) is 0 Å². The summed E-state index contributed by atoms with van der Waals surface area (Å²) in [5.41, 5.74) is 2.05. The van der Waals surface area contributed by atoms with Crippen molar-refractivity contribution < 1.29 is 13.9 Å². The molecule has 1 aromatic rings. The van der Waals surface area contributed by atoms with Gasteiger partial charge < -0.3 is 10.1 Å². The van der Waals surface area contributed by atoms with Gasteiger partial charge in [-0.25, -0.2) is 9.18 Å². The molecule has 0 atom stereocenters. The first-order valence-corrected chi connectivity index (χ1v) is 6.81. The predicted molar refractivity (Wildman–Crippen MR) is 79.2 cm³/mol. The van der Waals surface area contributed by atoms with Crippen LogP contribution in [-0.4, -0.2) is 25.7 Å². The lowest BCUT2D eigenvalue weighted by molar-refractivity contribution is 0.0521. The van der Waals surface area contributed by atoms with Crippen molar-refractivity contribution in [2.24, 2.45) is 0 Å². The molecular weight excluding hydrogens is 281 g/mol. The topological polar surface area (TPSA) is 38.3 Å². The second-order valence-corrected chi connectivity index (χ2v) is 4.93. The number of aryl methyl sites for hydroxylation is 1. The fourth-order valence-corrected chi connectivity index (χ4v) is 2.63. The molecular formula is C15H21ClFNO2. The van der Waals surface area contributed by atoms with Crippen molar-refractivity contribution in [3.05, 3.63) is 34.6 Å². The maximum absolute atomic E-state index is 13.9. The molecule has 112 valence electrons. The lowest BCUT2D eigenvalue weighted by atomic mass is 9.86. The predicted octanol–water partition coefficient (Wildman–Crippen LogP) is 3.20. The molecule has 0 spiro atoms. The van der Waals surface area contributed by atoms with Crippen LogP contribution in [0.25, 0.3) is 0 Å². The third kappa shape index (κ3) is 3.70. The molecule has 0 amide bonds. The number of halogens is 2. The molecule has 1 N–H and O–H groups in total. The summed E-state index contributed by atoms with van der Waals surface area (Å²) in [6.07, 6.45) is 2.05. The van der Waals surface area contributed by atoms with Gasteiger partial charge in [-0.05, 0) is 69.0 Å². The Morgan fingerprint density at radius 2 is 2.05 bits per heavy atom. The third-order valence-electron chi connectivity index (χ3n) is 3.63. The Morgan fingerprint density at radius 1 is 1.40 bits per heavy atom. The molecule has 0 saturated carbocycles. The molecule has 1 aliphatic heterocycles. The standard InChI is InChI=1S/C15H20FNO2.ClH/c1-3-19-15(18)13-9-12(10(2)8-14(13)16)11-4-6-17-7-5-11;/h8-9,11,17H,3-7H2,1-2H3;1H. The van der Waals surface area contributed by atoms with E-state index >= 15 is 0 Å². The second-order valence-electron chi connectivity index (χ2n) is 4.93. The maximum atomic E-state index is 13.9. The lowest BCUT2D eigenvalue weighted by Crippen LogP contribution is -2.27. The molecule has 0 bridgehead atoms. The number of carbonyl (C=O) groups excluding carboxylic acids is 1. The van der Waals surface area contributed by atoms with Gasteiger partial charge in [0, 0.05) is 0 Å². The molecule has 5 heteroatoms. The average molecular weight is 302 g/mol. The van der Waals surface area contributed by atoms with E-state index in [4.69, 9.17) is 4.74 Å². The smallest absolute Gasteiger partial charge is 0.341 e. The summed E-state index contributed by atoms with van der Waals surface area (Å²) in [6.45, 7) is 5.81. The number of esters is 1. The fraction of sp³-hybridized carbons (Fsp3) is 0.533. The van der Waals surface area contributed by atoms with Crippen LogP contribution in [0.4, 0.5) is 4.39 Å². The minimum atomic E-state index is -0.574. The van der Waals surface area contributed by atoms with E-state index in [1.165, 1.54) is 6.07 Å². The quantitative estimate of drug-likeness (QED) is 0.871. The summed E-state index contributed by atoms with van der Waals surface area (Å²) < 4.78 is 18.8. The Hall–Kier alpha value is -1.13. The van der Waals surface area contributed by atoms with Crippen LogP contribution in [-0.2, 0) is 4.74 Å². The maximum Gasteiger partial charge on any atom is 0.341 e. The number of nitrogens with one attached hydrogen (secondary N) is 1. The number of hydrogen-bond acceptors (Lipinski definition) is 3. The van der Waals surface area contributed by atoms with Crippen molar-refractivity contribution in [3.8, 4) is 0 Å². The van der Waals surface area contributed by atoms with Crippen molar-refractivity contribution in [3.63, 3.8) is 0 Å². The molecule has 1 aliphatic rings. The summed E-state index contributed by atoms with van der Waals surface area (Å²) >= 11 is 0. The van der Waals surface area contributed by atoms with E-state index in [0.29, 0.717) is 5.92 Å². The normalized spacial score (nSPS) is 15.6. The van der Waals surface area contributed by atoms with Crippen LogP contribution in [0.1, 0.15) is 47.2 Å². The molecule has 0 aromatic heterocycles. The van der Waals surface area contributed by atoms with Crippen LogP contribution in [0.5, 0.6) is 0 Å². The minimum Gasteiger partial charge on any atom is -0.462 e. The van der Waals surface area contributed by atoms with Crippen LogP contribution in [0, 0.1) is 12.7 Å². The molecule has 1 fully saturated rings. The number of ether oxygens (including phenoxy) is 1. The van der Waals surface area contributed by atoms with Crippen LogP contribution < -0.4 is 5.32 Å². The van der Waals surface area contributed by atoms with Crippen molar-refractivity contribution >= 4 is 18.4 Å². The fourth-order valence-electron chi connectivity index (χ4n) is 2.63. The zero-order valence-electron chi connectivity index (χ0n) is 11.9. The molecule has 3 nitrogen and oxygen atoms in total. The zero-order chi connectivity index (χ0) is 13.8. The molecule has 1 heterocycles. The number of rotatable bonds is 3. The Morgan fingerprint density at radius 3 is 2.65 bits per heavy atom. The van der Waals surface area contributed by atoms with E-state index in [0.717, 1.165) is 37.1 Å². The summed E-state index contributed by atoms with van der Waals surface area (Å²) in [7, 11) is 0. The first-order valence-electron chi connectivity index (χ1n) is 6.81. The highest BCUT2D eigenvalue weighted by atomic mass is 35.5. The SMILES string of the molecule is CCOC(=O)c1cc(C2CCNCC2)c(C)cc1F.Cl. The van der Waals surface area contributed by atoms with Crippen LogP contribution in [0.15, 0.2) is 12.1 Å². The van der Waals surface area contributed by atoms with Crippen molar-refractivity contribution in [1.82, 2.24) is 5.32 Å². The van der Waals surface area contributed by atoms with Gasteiger partial charge in [-0.2, -0.15) is 0 Å². The highest BCUT2D eigenvalue weighted by Crippen LogP contribution is 2.30. The number of piperidine rings is 1. The zero-order valence-corrected chi connectivity index (χ0v) is 12.7. The van der Waals surface area contributed by atoms with Crippen LogP contribution >= 0.6 is 12.4 Å². The Kier molecular flexibility index (Phi) is 6.43. The van der Waals surface area contributed by atoms with E-state index < -0.39 is 11.8 Å². The van der Waals surface area contributed by atoms with Gasteiger partial charge in [0.15, 0.2) is 0 Å². The van der Waals surface area contributed by atoms with E-state index in [9.17, 15) is 9.18 Å². The Labute approximate surface area is 125 Å². The third-order valence-corrected chi connectivity index (χ3v) is 3.63. The van der Waals surface area contributed by atoms with E-state index in [1.54, 1.807) is 13.0 Å². The Bertz CT molecular complexity index is 473. The highest BCUT2D eigenvalue weighted by molar-refractivity contribution is 5.90. The lowest BCUT2D eigenvalue weighted by Gasteiger charge is -2.25. The number of benzene rings is 1. The monoisotopic (exact) mass is 301 g/mol. The summed E-state index contributed by atoms with van der Waals surface area (Å²) in [4.78, 5) is 11.7. The second kappa shape index (κ2) is 7.60. The number of hydrogen-bond donors (Lipinski definition) is 1. The summed E-state index contributed by atoms with van der Waals surface area (Å²) in [5.74, 6) is -0.668. The molecule has 0 unspecified atom stereocenters.